The van der Waals surface area contributed by atoms with Gasteiger partial charge in [0.1, 0.15) is 5.56 Å². The normalized spacial score (nSPS) is 12.7. The Bertz CT molecular complexity index is 797. The first kappa shape index (κ1) is 19.4. The van der Waals surface area contributed by atoms with Gasteiger partial charge in [-0.2, -0.15) is 4.99 Å². The van der Waals surface area contributed by atoms with Crippen LogP contribution in [-0.2, 0) is 12.0 Å². The molecule has 2 aromatic rings. The highest BCUT2D eigenvalue weighted by Gasteiger charge is 2.19. The Morgan fingerprint density at radius 3 is 2.72 bits per heavy atom. The van der Waals surface area contributed by atoms with Crippen molar-refractivity contribution in [2.75, 3.05) is 6.61 Å². The van der Waals surface area contributed by atoms with Gasteiger partial charge >= 0.3 is 0 Å². The summed E-state index contributed by atoms with van der Waals surface area (Å²) in [5, 5.41) is 0. The predicted octanol–water partition coefficient (Wildman–Crippen LogP) is 4.04. The van der Waals surface area contributed by atoms with Crippen molar-refractivity contribution >= 4 is 17.2 Å². The maximum atomic E-state index is 12.7. The van der Waals surface area contributed by atoms with Crippen molar-refractivity contribution in [3.63, 3.8) is 0 Å². The topological polar surface area (TPSA) is 56.5 Å². The molecule has 0 fully saturated rings. The molecule has 136 valence electrons. The molecule has 0 unspecified atom stereocenters. The van der Waals surface area contributed by atoms with Crippen LogP contribution < -0.4 is 9.54 Å². The minimum absolute atomic E-state index is 0.0188. The number of hydrogen-bond donors (Lipinski definition) is 0. The highest BCUT2D eigenvalue weighted by Crippen LogP contribution is 2.25. The monoisotopic (exact) mass is 361 g/mol. The third-order valence-electron chi connectivity index (χ3n) is 3.50. The van der Waals surface area contributed by atoms with Gasteiger partial charge in [0, 0.05) is 23.8 Å². The van der Waals surface area contributed by atoms with Gasteiger partial charge in [0.15, 0.2) is 4.80 Å². The van der Waals surface area contributed by atoms with Crippen LogP contribution in [0.15, 0.2) is 29.5 Å². The largest absolute Gasteiger partial charge is 0.477 e. The van der Waals surface area contributed by atoms with Crippen LogP contribution in [0.3, 0.4) is 0 Å². The number of ether oxygens (including phenoxy) is 1. The van der Waals surface area contributed by atoms with E-state index in [0.29, 0.717) is 24.0 Å². The molecule has 0 bridgehead atoms. The molecule has 0 aromatic carbocycles. The zero-order valence-electron chi connectivity index (χ0n) is 15.9. The molecular weight excluding hydrogens is 334 g/mol. The summed E-state index contributed by atoms with van der Waals surface area (Å²) in [7, 11) is 0. The number of rotatable bonds is 5. The van der Waals surface area contributed by atoms with Gasteiger partial charge in [-0.25, -0.2) is 4.98 Å². The molecule has 0 aliphatic rings. The number of hydrogen-bond acceptors (Lipinski definition) is 4. The van der Waals surface area contributed by atoms with E-state index in [0.717, 1.165) is 11.3 Å². The van der Waals surface area contributed by atoms with Gasteiger partial charge in [-0.3, -0.25) is 4.79 Å². The zero-order chi connectivity index (χ0) is 18.6. The summed E-state index contributed by atoms with van der Waals surface area (Å²) >= 11 is 1.56. The molecule has 0 spiro atoms. The van der Waals surface area contributed by atoms with Crippen LogP contribution in [0.1, 0.15) is 56.8 Å². The lowest BCUT2D eigenvalue weighted by Crippen LogP contribution is -2.19. The third-order valence-corrected chi connectivity index (χ3v) is 4.95. The van der Waals surface area contributed by atoms with E-state index in [2.05, 4.69) is 55.4 Å². The summed E-state index contributed by atoms with van der Waals surface area (Å²) in [4.78, 5) is 23.2. The van der Waals surface area contributed by atoms with Crippen LogP contribution in [0.5, 0.6) is 5.88 Å². The highest BCUT2D eigenvalue weighted by atomic mass is 32.1. The van der Waals surface area contributed by atoms with E-state index >= 15 is 0 Å². The summed E-state index contributed by atoms with van der Waals surface area (Å²) in [6.45, 7) is 13.9. The fraction of sp³-hybridized carbons (Fsp3) is 0.526. The molecule has 0 aliphatic heterocycles. The van der Waals surface area contributed by atoms with E-state index in [9.17, 15) is 4.79 Å². The van der Waals surface area contributed by atoms with Crippen molar-refractivity contribution < 1.29 is 9.53 Å². The van der Waals surface area contributed by atoms with E-state index in [1.54, 1.807) is 29.7 Å². The number of pyridine rings is 1. The molecule has 0 aliphatic carbocycles. The predicted molar refractivity (Wildman–Crippen MR) is 101 cm³/mol. The van der Waals surface area contributed by atoms with Crippen molar-refractivity contribution in [3.8, 4) is 5.88 Å². The Kier molecular flexibility index (Phi) is 6.16. The van der Waals surface area contributed by atoms with Gasteiger partial charge < -0.3 is 9.30 Å². The number of carbonyl (C=O) groups is 1. The number of aromatic nitrogens is 2. The Hall–Kier alpha value is -1.95. The molecule has 2 heterocycles. The lowest BCUT2D eigenvalue weighted by Gasteiger charge is -2.14. The van der Waals surface area contributed by atoms with E-state index in [4.69, 9.17) is 4.74 Å². The number of carbonyl (C=O) groups excluding carboxylic acids is 1. The van der Waals surface area contributed by atoms with Crippen LogP contribution >= 0.6 is 11.3 Å². The second-order valence-corrected chi connectivity index (χ2v) is 8.39. The summed E-state index contributed by atoms with van der Waals surface area (Å²) in [6.07, 6.45) is 3.73. The van der Waals surface area contributed by atoms with E-state index in [1.165, 1.54) is 4.88 Å². The van der Waals surface area contributed by atoms with Crippen molar-refractivity contribution in [2.24, 2.45) is 10.9 Å². The van der Waals surface area contributed by atoms with Gasteiger partial charge in [-0.1, -0.05) is 34.6 Å². The smallest absolute Gasteiger partial charge is 0.285 e. The maximum absolute atomic E-state index is 12.7. The minimum atomic E-state index is -0.323. The molecule has 5 nitrogen and oxygen atoms in total. The van der Waals surface area contributed by atoms with Gasteiger partial charge in [-0.05, 0) is 30.4 Å². The van der Waals surface area contributed by atoms with Crippen LogP contribution in [0.2, 0.25) is 0 Å². The van der Waals surface area contributed by atoms with Crippen LogP contribution in [0.25, 0.3) is 0 Å². The molecule has 25 heavy (non-hydrogen) atoms. The van der Waals surface area contributed by atoms with Gasteiger partial charge in [0.2, 0.25) is 5.88 Å². The van der Waals surface area contributed by atoms with Crippen molar-refractivity contribution in [3.05, 3.63) is 39.8 Å². The Morgan fingerprint density at radius 1 is 1.40 bits per heavy atom. The highest BCUT2D eigenvalue weighted by molar-refractivity contribution is 7.09. The Morgan fingerprint density at radius 2 is 2.12 bits per heavy atom. The molecule has 2 aromatic heterocycles. The molecule has 0 N–H and O–H groups in total. The summed E-state index contributed by atoms with van der Waals surface area (Å²) in [5.41, 5.74) is 0.413. The van der Waals surface area contributed by atoms with Crippen molar-refractivity contribution in [1.82, 2.24) is 9.55 Å². The lowest BCUT2D eigenvalue weighted by molar-refractivity contribution is 0.0993. The van der Waals surface area contributed by atoms with Crippen molar-refractivity contribution in [1.29, 1.82) is 0 Å². The Balaban J connectivity index is 2.49. The summed E-state index contributed by atoms with van der Waals surface area (Å²) in [5.74, 6) is 0.479. The molecule has 0 saturated carbocycles. The average molecular weight is 362 g/mol. The number of thiazole rings is 1. The van der Waals surface area contributed by atoms with E-state index < -0.39 is 0 Å². The van der Waals surface area contributed by atoms with Crippen LogP contribution in [0, 0.1) is 5.92 Å². The average Bonchev–Trinajstić information content (AvgIpc) is 2.90. The summed E-state index contributed by atoms with van der Waals surface area (Å²) < 4.78 is 7.53. The van der Waals surface area contributed by atoms with Gasteiger partial charge in [0.25, 0.3) is 5.91 Å². The maximum Gasteiger partial charge on any atom is 0.285 e. The second kappa shape index (κ2) is 7.95. The van der Waals surface area contributed by atoms with Crippen LogP contribution in [-0.4, -0.2) is 22.1 Å². The third kappa shape index (κ3) is 5.01. The first-order valence-corrected chi connectivity index (χ1v) is 9.41. The first-order chi connectivity index (χ1) is 11.7. The molecule has 0 saturated heterocycles. The molecule has 0 radical (unpaired) electrons. The van der Waals surface area contributed by atoms with Gasteiger partial charge in [0.05, 0.1) is 6.61 Å². The van der Waals surface area contributed by atoms with E-state index in [-0.39, 0.29) is 11.3 Å². The molecular formula is C19H27N3O2S. The minimum Gasteiger partial charge on any atom is -0.477 e. The number of amides is 1. The lowest BCUT2D eigenvalue weighted by atomic mass is 9.95. The molecule has 2 rings (SSSR count). The summed E-state index contributed by atoms with van der Waals surface area (Å²) in [6, 6.07) is 3.43. The zero-order valence-corrected chi connectivity index (χ0v) is 16.7. The molecule has 1 amide bonds. The number of nitrogens with zero attached hydrogens (tertiary/aromatic N) is 3. The quantitative estimate of drug-likeness (QED) is 0.808. The SMILES string of the molecule is CCOc1ncccc1C(=O)N=c1sc(C(C)(C)C)cn1CC(C)C. The van der Waals surface area contributed by atoms with E-state index in [1.807, 2.05) is 6.92 Å². The Labute approximate surface area is 153 Å². The first-order valence-electron chi connectivity index (χ1n) is 8.60. The fourth-order valence-electron chi connectivity index (χ4n) is 2.29. The van der Waals surface area contributed by atoms with Crippen LogP contribution in [0.4, 0.5) is 0 Å². The molecule has 6 heteroatoms. The molecule has 0 atom stereocenters. The fourth-order valence-corrected chi connectivity index (χ4v) is 3.35. The second-order valence-electron chi connectivity index (χ2n) is 7.38. The van der Waals surface area contributed by atoms with Gasteiger partial charge in [-0.15, -0.1) is 11.3 Å². The standard InChI is InChI=1S/C19H27N3O2S/c1-7-24-17-14(9-8-10-20-17)16(23)21-18-22(11-13(2)3)12-15(25-18)19(4,5)6/h8-10,12-13H,7,11H2,1-6H3. The van der Waals surface area contributed by atoms with Crippen molar-refractivity contribution in [2.45, 2.75) is 53.5 Å².